The van der Waals surface area contributed by atoms with E-state index in [1.807, 2.05) is 26.0 Å². The van der Waals surface area contributed by atoms with Gasteiger partial charge in [-0.05, 0) is 64.4 Å². The third-order valence-electron chi connectivity index (χ3n) is 5.33. The van der Waals surface area contributed by atoms with Crippen LogP contribution in [0, 0.1) is 13.8 Å². The molecule has 166 valence electrons. The Morgan fingerprint density at radius 1 is 1.20 bits per heavy atom. The van der Waals surface area contributed by atoms with Gasteiger partial charge in [0.05, 0.1) is 18.8 Å². The predicted molar refractivity (Wildman–Crippen MR) is 131 cm³/mol. The summed E-state index contributed by atoms with van der Waals surface area (Å²) in [6.45, 7) is 10.2. The minimum atomic E-state index is 0. The first kappa shape index (κ1) is 24.5. The Kier molecular flexibility index (Phi) is 9.90. The molecular formula is C22H34IN5O2. The highest BCUT2D eigenvalue weighted by atomic mass is 127. The lowest BCUT2D eigenvalue weighted by atomic mass is 10.1. The molecule has 30 heavy (non-hydrogen) atoms. The maximum Gasteiger partial charge on any atom is 0.216 e. The number of aromatic nitrogens is 1. The van der Waals surface area contributed by atoms with Crippen LogP contribution in [-0.4, -0.2) is 49.1 Å². The largest absolute Gasteiger partial charge is 0.497 e. The number of nitrogens with one attached hydrogen (secondary N) is 2. The highest BCUT2D eigenvalue weighted by Gasteiger charge is 2.23. The first-order valence-electron chi connectivity index (χ1n) is 10.4. The average molecular weight is 527 g/mol. The van der Waals surface area contributed by atoms with Gasteiger partial charge in [0.2, 0.25) is 5.89 Å². The van der Waals surface area contributed by atoms with Gasteiger partial charge in [0, 0.05) is 13.1 Å². The molecule has 1 aliphatic rings. The van der Waals surface area contributed by atoms with E-state index >= 15 is 0 Å². The van der Waals surface area contributed by atoms with E-state index in [1.165, 1.54) is 18.4 Å². The van der Waals surface area contributed by atoms with Gasteiger partial charge >= 0.3 is 0 Å². The molecule has 0 radical (unpaired) electrons. The van der Waals surface area contributed by atoms with Gasteiger partial charge in [0.1, 0.15) is 18.1 Å². The Balaban J connectivity index is 0.00000320. The number of hydrogen-bond donors (Lipinski definition) is 2. The fourth-order valence-corrected chi connectivity index (χ4v) is 3.63. The SMILES string of the molecule is CCNC(=NCc1nc(C)c(C)o1)NCC(c1ccc(OC)cc1)N1CCCC1.I. The van der Waals surface area contributed by atoms with Crippen LogP contribution in [-0.2, 0) is 6.54 Å². The highest BCUT2D eigenvalue weighted by Crippen LogP contribution is 2.26. The van der Waals surface area contributed by atoms with E-state index in [-0.39, 0.29) is 24.0 Å². The summed E-state index contributed by atoms with van der Waals surface area (Å²) in [7, 11) is 1.70. The standard InChI is InChI=1S/C22H33N5O2.HI/c1-5-23-22(25-15-21-26-16(2)17(3)29-21)24-14-20(27-12-6-7-13-27)18-8-10-19(28-4)11-9-18;/h8-11,20H,5-7,12-15H2,1-4H3,(H2,23,24,25);1H. The Morgan fingerprint density at radius 2 is 1.90 bits per heavy atom. The number of halogens is 1. The molecule has 0 spiro atoms. The maximum atomic E-state index is 5.65. The van der Waals surface area contributed by atoms with Crippen molar-refractivity contribution in [2.75, 3.05) is 33.3 Å². The molecule has 0 bridgehead atoms. The number of nitrogens with zero attached hydrogens (tertiary/aromatic N) is 3. The number of aryl methyl sites for hydroxylation is 2. The summed E-state index contributed by atoms with van der Waals surface area (Å²) in [6, 6.07) is 8.67. The third kappa shape index (κ3) is 6.60. The fraction of sp³-hybridized carbons (Fsp3) is 0.545. The zero-order valence-electron chi connectivity index (χ0n) is 18.4. The van der Waals surface area contributed by atoms with Crippen molar-refractivity contribution in [1.29, 1.82) is 0 Å². The van der Waals surface area contributed by atoms with E-state index in [1.54, 1.807) is 7.11 Å². The van der Waals surface area contributed by atoms with Crippen LogP contribution in [0.25, 0.3) is 0 Å². The van der Waals surface area contributed by atoms with Gasteiger partial charge in [0.25, 0.3) is 0 Å². The van der Waals surface area contributed by atoms with Crippen molar-refractivity contribution in [1.82, 2.24) is 20.5 Å². The third-order valence-corrected chi connectivity index (χ3v) is 5.33. The van der Waals surface area contributed by atoms with Crippen LogP contribution in [0.2, 0.25) is 0 Å². The molecule has 0 aliphatic carbocycles. The zero-order valence-corrected chi connectivity index (χ0v) is 20.7. The molecule has 0 amide bonds. The normalized spacial score (nSPS) is 15.5. The summed E-state index contributed by atoms with van der Waals surface area (Å²) >= 11 is 0. The fourth-order valence-electron chi connectivity index (χ4n) is 3.63. The Hall–Kier alpha value is -1.81. The molecule has 8 heteroatoms. The summed E-state index contributed by atoms with van der Waals surface area (Å²) in [5.74, 6) is 3.15. The summed E-state index contributed by atoms with van der Waals surface area (Å²) in [5, 5.41) is 6.83. The van der Waals surface area contributed by atoms with E-state index in [4.69, 9.17) is 9.15 Å². The number of aliphatic imine (C=N–C) groups is 1. The average Bonchev–Trinajstić information content (AvgIpc) is 3.37. The summed E-state index contributed by atoms with van der Waals surface area (Å²) in [5.41, 5.74) is 2.21. The number of likely N-dealkylation sites (tertiary alicyclic amines) is 1. The minimum absolute atomic E-state index is 0. The van der Waals surface area contributed by atoms with Crippen LogP contribution in [0.1, 0.15) is 48.7 Å². The molecule has 7 nitrogen and oxygen atoms in total. The number of oxazole rings is 1. The van der Waals surface area contributed by atoms with Gasteiger partial charge in [-0.1, -0.05) is 12.1 Å². The molecule has 1 unspecified atom stereocenters. The number of rotatable bonds is 8. The first-order chi connectivity index (χ1) is 14.1. The summed E-state index contributed by atoms with van der Waals surface area (Å²) in [4.78, 5) is 11.6. The quantitative estimate of drug-likeness (QED) is 0.309. The van der Waals surface area contributed by atoms with Gasteiger partial charge < -0.3 is 19.8 Å². The molecule has 2 aromatic rings. The smallest absolute Gasteiger partial charge is 0.216 e. The van der Waals surface area contributed by atoms with Crippen molar-refractivity contribution < 1.29 is 9.15 Å². The van der Waals surface area contributed by atoms with Crippen LogP contribution in [0.15, 0.2) is 33.7 Å². The minimum Gasteiger partial charge on any atom is -0.497 e. The van der Waals surface area contributed by atoms with Crippen molar-refractivity contribution in [3.63, 3.8) is 0 Å². The lowest BCUT2D eigenvalue weighted by molar-refractivity contribution is 0.245. The molecular weight excluding hydrogens is 493 g/mol. The summed E-state index contributed by atoms with van der Waals surface area (Å²) in [6.07, 6.45) is 2.51. The van der Waals surface area contributed by atoms with Crippen molar-refractivity contribution >= 4 is 29.9 Å². The number of hydrogen-bond acceptors (Lipinski definition) is 5. The van der Waals surface area contributed by atoms with Crippen molar-refractivity contribution in [3.05, 3.63) is 47.2 Å². The van der Waals surface area contributed by atoms with Crippen molar-refractivity contribution in [3.8, 4) is 5.75 Å². The second-order valence-corrected chi connectivity index (χ2v) is 7.36. The second-order valence-electron chi connectivity index (χ2n) is 7.36. The molecule has 0 saturated carbocycles. The molecule has 1 aromatic carbocycles. The molecule has 2 N–H and O–H groups in total. The van der Waals surface area contributed by atoms with Gasteiger partial charge in [-0.25, -0.2) is 9.98 Å². The zero-order chi connectivity index (χ0) is 20.6. The van der Waals surface area contributed by atoms with E-state index in [9.17, 15) is 0 Å². The van der Waals surface area contributed by atoms with Gasteiger partial charge in [-0.15, -0.1) is 24.0 Å². The van der Waals surface area contributed by atoms with Crippen molar-refractivity contribution in [2.24, 2.45) is 4.99 Å². The van der Waals surface area contributed by atoms with Gasteiger partial charge in [-0.2, -0.15) is 0 Å². The van der Waals surface area contributed by atoms with E-state index < -0.39 is 0 Å². The number of methoxy groups -OCH3 is 1. The van der Waals surface area contributed by atoms with E-state index in [0.29, 0.717) is 18.5 Å². The highest BCUT2D eigenvalue weighted by molar-refractivity contribution is 14.0. The number of ether oxygens (including phenoxy) is 1. The molecule has 2 heterocycles. The second kappa shape index (κ2) is 12.1. The molecule has 1 saturated heterocycles. The van der Waals surface area contributed by atoms with Crippen LogP contribution < -0.4 is 15.4 Å². The molecule has 1 fully saturated rings. The lowest BCUT2D eigenvalue weighted by Gasteiger charge is -2.29. The topological polar surface area (TPSA) is 74.9 Å². The summed E-state index contributed by atoms with van der Waals surface area (Å²) < 4.78 is 11.0. The predicted octanol–water partition coefficient (Wildman–Crippen LogP) is 3.81. The van der Waals surface area contributed by atoms with Crippen molar-refractivity contribution in [2.45, 2.75) is 46.2 Å². The van der Waals surface area contributed by atoms with Crippen LogP contribution >= 0.6 is 24.0 Å². The van der Waals surface area contributed by atoms with Gasteiger partial charge in [-0.3, -0.25) is 4.90 Å². The number of benzene rings is 1. The molecule has 1 atom stereocenters. The first-order valence-corrected chi connectivity index (χ1v) is 10.4. The lowest BCUT2D eigenvalue weighted by Crippen LogP contribution is -2.42. The Morgan fingerprint density at radius 3 is 2.47 bits per heavy atom. The Labute approximate surface area is 196 Å². The van der Waals surface area contributed by atoms with Gasteiger partial charge in [0.15, 0.2) is 5.96 Å². The van der Waals surface area contributed by atoms with Crippen LogP contribution in [0.3, 0.4) is 0 Å². The van der Waals surface area contributed by atoms with E-state index in [0.717, 1.165) is 49.3 Å². The maximum absolute atomic E-state index is 5.65. The van der Waals surface area contributed by atoms with Crippen LogP contribution in [0.5, 0.6) is 5.75 Å². The molecule has 1 aromatic heterocycles. The Bertz CT molecular complexity index is 781. The van der Waals surface area contributed by atoms with Crippen LogP contribution in [0.4, 0.5) is 0 Å². The molecule has 1 aliphatic heterocycles. The molecule has 3 rings (SSSR count). The number of guanidine groups is 1. The monoisotopic (exact) mass is 527 g/mol. The van der Waals surface area contributed by atoms with E-state index in [2.05, 4.69) is 44.6 Å².